The van der Waals surface area contributed by atoms with E-state index in [2.05, 4.69) is 17.4 Å². The molecule has 2 amide bonds. The summed E-state index contributed by atoms with van der Waals surface area (Å²) in [7, 11) is 0. The molecule has 10 heteroatoms. The number of carbonyl (C=O) groups is 3. The topological polar surface area (TPSA) is 162 Å². The summed E-state index contributed by atoms with van der Waals surface area (Å²) in [5.74, 6) is -0.905. The number of hydrogen-bond acceptors (Lipinski definition) is 7. The van der Waals surface area contributed by atoms with Crippen LogP contribution in [-0.2, 0) is 33.8 Å². The van der Waals surface area contributed by atoms with Crippen molar-refractivity contribution < 1.29 is 14.4 Å². The molecule has 0 spiro atoms. The van der Waals surface area contributed by atoms with Crippen LogP contribution in [0.25, 0.3) is 0 Å². The molecule has 0 saturated heterocycles. The molecule has 2 atom stereocenters. The molecule has 1 aromatic heterocycles. The number of amides is 2. The summed E-state index contributed by atoms with van der Waals surface area (Å²) in [6, 6.07) is 18.1. The van der Waals surface area contributed by atoms with Gasteiger partial charge in [0.1, 0.15) is 0 Å². The quantitative estimate of drug-likeness (QED) is 0.190. The van der Waals surface area contributed by atoms with Crippen LogP contribution in [0, 0.1) is 13.8 Å². The summed E-state index contributed by atoms with van der Waals surface area (Å²) in [5.41, 5.74) is 22.5. The van der Waals surface area contributed by atoms with Gasteiger partial charge in [0, 0.05) is 38.3 Å². The van der Waals surface area contributed by atoms with Gasteiger partial charge in [0.15, 0.2) is 5.78 Å². The maximum Gasteiger partial charge on any atom is 0.238 e. The van der Waals surface area contributed by atoms with Gasteiger partial charge >= 0.3 is 0 Å². The third-order valence-corrected chi connectivity index (χ3v) is 7.48. The Morgan fingerprint density at radius 2 is 1.50 bits per heavy atom. The number of nitrogens with zero attached hydrogens (tertiary/aromatic N) is 3. The Morgan fingerprint density at radius 3 is 2.10 bits per heavy atom. The molecule has 0 aliphatic carbocycles. The van der Waals surface area contributed by atoms with Gasteiger partial charge in [0.05, 0.1) is 30.7 Å². The molecule has 2 aromatic carbocycles. The monoisotopic (exact) mass is 575 g/mol. The molecular weight excluding hydrogens is 530 g/mol. The zero-order valence-corrected chi connectivity index (χ0v) is 24.8. The fraction of sp³-hybridized carbons (Fsp3) is 0.438. The van der Waals surface area contributed by atoms with Gasteiger partial charge in [-0.2, -0.15) is 5.10 Å². The van der Waals surface area contributed by atoms with Gasteiger partial charge in [-0.15, -0.1) is 0 Å². The normalized spacial score (nSPS) is 12.5. The summed E-state index contributed by atoms with van der Waals surface area (Å²) < 4.78 is 1.97. The average molecular weight is 576 g/mol. The summed E-state index contributed by atoms with van der Waals surface area (Å²) >= 11 is 0. The molecule has 7 N–H and O–H groups in total. The van der Waals surface area contributed by atoms with Gasteiger partial charge in [-0.3, -0.25) is 19.1 Å². The summed E-state index contributed by atoms with van der Waals surface area (Å²) in [5, 5.41) is 7.56. The first-order valence-electron chi connectivity index (χ1n) is 14.6. The molecule has 10 nitrogen and oxygen atoms in total. The molecular formula is C32H45N7O3. The Kier molecular flexibility index (Phi) is 12.9. The van der Waals surface area contributed by atoms with E-state index in [1.165, 1.54) is 4.90 Å². The lowest BCUT2D eigenvalue weighted by Crippen LogP contribution is -2.51. The van der Waals surface area contributed by atoms with Crippen LogP contribution >= 0.6 is 0 Å². The third-order valence-electron chi connectivity index (χ3n) is 7.48. The van der Waals surface area contributed by atoms with Crippen molar-refractivity contribution in [3.8, 4) is 0 Å². The van der Waals surface area contributed by atoms with Crippen molar-refractivity contribution in [3.05, 3.63) is 88.7 Å². The highest BCUT2D eigenvalue weighted by Gasteiger charge is 2.27. The Hall–Kier alpha value is -3.86. The lowest BCUT2D eigenvalue weighted by molar-refractivity contribution is -0.135. The SMILES string of the molecule is Cc1nn(Cc2ccccc2)c(C)c1CCC(=O)[C@H](CCc1ccccc1)NC(=O)[C@@H](N)CC(=O)N(CCN)CCN. The number of aryl methyl sites for hydroxylation is 2. The second kappa shape index (κ2) is 16.5. The van der Waals surface area contributed by atoms with Gasteiger partial charge in [0.25, 0.3) is 0 Å². The van der Waals surface area contributed by atoms with E-state index in [0.29, 0.717) is 38.9 Å². The third kappa shape index (κ3) is 9.61. The van der Waals surface area contributed by atoms with Crippen molar-refractivity contribution in [2.45, 2.75) is 64.6 Å². The highest BCUT2D eigenvalue weighted by atomic mass is 16.2. The van der Waals surface area contributed by atoms with E-state index in [4.69, 9.17) is 22.3 Å². The summed E-state index contributed by atoms with van der Waals surface area (Å²) in [6.07, 6.45) is 1.60. The Bertz CT molecular complexity index is 1290. The molecule has 0 unspecified atom stereocenters. The van der Waals surface area contributed by atoms with Crippen LogP contribution in [-0.4, -0.2) is 70.5 Å². The number of Topliss-reactive ketones (excluding diaryl/α,β-unsaturated/α-hetero) is 1. The van der Waals surface area contributed by atoms with E-state index < -0.39 is 18.0 Å². The number of aromatic nitrogens is 2. The molecule has 226 valence electrons. The van der Waals surface area contributed by atoms with Gasteiger partial charge in [-0.05, 0) is 49.8 Å². The van der Waals surface area contributed by atoms with Crippen LogP contribution in [0.15, 0.2) is 60.7 Å². The second-order valence-corrected chi connectivity index (χ2v) is 10.6. The van der Waals surface area contributed by atoms with Crippen molar-refractivity contribution in [2.75, 3.05) is 26.2 Å². The Balaban J connectivity index is 1.67. The van der Waals surface area contributed by atoms with Crippen molar-refractivity contribution in [1.29, 1.82) is 0 Å². The van der Waals surface area contributed by atoms with Gasteiger partial charge in [-0.25, -0.2) is 0 Å². The summed E-state index contributed by atoms with van der Waals surface area (Å²) in [4.78, 5) is 40.8. The smallest absolute Gasteiger partial charge is 0.238 e. The Morgan fingerprint density at radius 1 is 0.905 bits per heavy atom. The van der Waals surface area contributed by atoms with Gasteiger partial charge < -0.3 is 27.4 Å². The lowest BCUT2D eigenvalue weighted by atomic mass is 9.97. The van der Waals surface area contributed by atoms with Crippen molar-refractivity contribution in [1.82, 2.24) is 20.0 Å². The number of nitrogens with one attached hydrogen (secondary N) is 1. The maximum absolute atomic E-state index is 13.5. The first-order chi connectivity index (χ1) is 20.2. The molecule has 0 bridgehead atoms. The van der Waals surface area contributed by atoms with E-state index in [1.54, 1.807) is 0 Å². The largest absolute Gasteiger partial charge is 0.345 e. The summed E-state index contributed by atoms with van der Waals surface area (Å²) in [6.45, 7) is 5.87. The maximum atomic E-state index is 13.5. The van der Waals surface area contributed by atoms with Crippen LogP contribution in [0.2, 0.25) is 0 Å². The average Bonchev–Trinajstić information content (AvgIpc) is 3.25. The highest BCUT2D eigenvalue weighted by Crippen LogP contribution is 2.18. The second-order valence-electron chi connectivity index (χ2n) is 10.6. The van der Waals surface area contributed by atoms with Gasteiger partial charge in [-0.1, -0.05) is 60.7 Å². The molecule has 1 heterocycles. The van der Waals surface area contributed by atoms with Crippen LogP contribution in [0.5, 0.6) is 0 Å². The minimum atomic E-state index is -1.09. The van der Waals surface area contributed by atoms with Crippen LogP contribution in [0.1, 0.15) is 47.3 Å². The fourth-order valence-corrected chi connectivity index (χ4v) is 5.06. The molecule has 0 aliphatic rings. The van der Waals surface area contributed by atoms with Crippen molar-refractivity contribution >= 4 is 17.6 Å². The van der Waals surface area contributed by atoms with E-state index in [1.807, 2.05) is 67.1 Å². The number of hydrogen-bond donors (Lipinski definition) is 4. The first kappa shape index (κ1) is 32.7. The highest BCUT2D eigenvalue weighted by molar-refractivity contribution is 5.93. The van der Waals surface area contributed by atoms with Crippen molar-refractivity contribution in [2.24, 2.45) is 17.2 Å². The molecule has 3 rings (SSSR count). The van der Waals surface area contributed by atoms with E-state index in [0.717, 1.165) is 28.1 Å². The minimum absolute atomic E-state index is 0.0830. The lowest BCUT2D eigenvalue weighted by Gasteiger charge is -2.24. The standard InChI is InChI=1S/C32H45N7O3/c1-23-27(24(2)39(37-23)22-26-11-7-4-8-12-26)14-16-30(40)29(15-13-25-9-5-3-6-10-25)36-32(42)28(35)21-31(41)38(19-17-33)20-18-34/h3-12,28-29H,13-22,33-35H2,1-2H3,(H,36,42)/t28-,29-/m0/s1. The Labute approximate surface area is 248 Å². The van der Waals surface area contributed by atoms with Crippen molar-refractivity contribution in [3.63, 3.8) is 0 Å². The number of ketones is 1. The van der Waals surface area contributed by atoms with E-state index in [9.17, 15) is 14.4 Å². The number of benzene rings is 2. The number of rotatable bonds is 17. The van der Waals surface area contributed by atoms with E-state index >= 15 is 0 Å². The van der Waals surface area contributed by atoms with Crippen LogP contribution in [0.3, 0.4) is 0 Å². The molecule has 3 aromatic rings. The zero-order chi connectivity index (χ0) is 30.5. The van der Waals surface area contributed by atoms with Crippen LogP contribution in [0.4, 0.5) is 0 Å². The van der Waals surface area contributed by atoms with Gasteiger partial charge in [0.2, 0.25) is 11.8 Å². The molecule has 0 aliphatic heterocycles. The predicted octanol–water partition coefficient (Wildman–Crippen LogP) is 1.63. The molecule has 0 saturated carbocycles. The van der Waals surface area contributed by atoms with E-state index in [-0.39, 0.29) is 37.6 Å². The minimum Gasteiger partial charge on any atom is -0.345 e. The van der Waals surface area contributed by atoms with Crippen LogP contribution < -0.4 is 22.5 Å². The number of nitrogens with two attached hydrogens (primary N) is 3. The molecule has 42 heavy (non-hydrogen) atoms. The molecule has 0 radical (unpaired) electrons. The zero-order valence-electron chi connectivity index (χ0n) is 24.8. The predicted molar refractivity (Wildman–Crippen MR) is 165 cm³/mol. The first-order valence-corrected chi connectivity index (χ1v) is 14.6. The molecule has 0 fully saturated rings. The fourth-order valence-electron chi connectivity index (χ4n) is 5.06. The number of carbonyl (C=O) groups excluding carboxylic acids is 3.